The Balaban J connectivity index is 2.71. The van der Waals surface area contributed by atoms with Crippen molar-refractivity contribution >= 4 is 23.3 Å². The van der Waals surface area contributed by atoms with Gasteiger partial charge in [-0.25, -0.2) is 4.79 Å². The van der Waals surface area contributed by atoms with Gasteiger partial charge in [-0.15, -0.1) is 6.42 Å². The molecule has 2 amide bonds. The lowest BCUT2D eigenvalue weighted by Crippen LogP contribution is -2.52. The lowest BCUT2D eigenvalue weighted by atomic mass is 9.91. The fourth-order valence-corrected chi connectivity index (χ4v) is 2.45. The minimum atomic E-state index is -4.80. The first-order valence-electron chi connectivity index (χ1n) is 6.17. The van der Waals surface area contributed by atoms with E-state index in [0.717, 1.165) is 11.0 Å². The maximum Gasteiger partial charge on any atom is 0.423 e. The maximum absolute atomic E-state index is 13.8. The molecule has 1 heterocycles. The number of amides is 2. The van der Waals surface area contributed by atoms with Crippen LogP contribution in [0.3, 0.4) is 0 Å². The highest BCUT2D eigenvalue weighted by Crippen LogP contribution is 2.47. The quantitative estimate of drug-likeness (QED) is 0.845. The predicted molar refractivity (Wildman–Crippen MR) is 75.6 cm³/mol. The zero-order valence-electron chi connectivity index (χ0n) is 11.5. The normalized spacial score (nSPS) is 21.6. The highest BCUT2D eigenvalue weighted by Gasteiger charge is 2.60. The number of hydrogen-bond donors (Lipinski definition) is 1. The number of anilines is 1. The summed E-state index contributed by atoms with van der Waals surface area (Å²) in [5, 5.41) is 2.49. The van der Waals surface area contributed by atoms with Gasteiger partial charge in [-0.2, -0.15) is 13.2 Å². The number of urea groups is 1. The molecule has 0 bridgehead atoms. The smallest absolute Gasteiger partial charge is 0.346 e. The molecule has 22 heavy (non-hydrogen) atoms. The van der Waals surface area contributed by atoms with E-state index in [0.29, 0.717) is 0 Å². The van der Waals surface area contributed by atoms with E-state index in [1.807, 2.05) is 5.92 Å². The zero-order chi connectivity index (χ0) is 16.5. The summed E-state index contributed by atoms with van der Waals surface area (Å²) in [6.45, 7) is -1.30. The van der Waals surface area contributed by atoms with Crippen LogP contribution < -0.4 is 5.32 Å². The number of ether oxygens (including phenoxy) is 1. The van der Waals surface area contributed by atoms with Crippen molar-refractivity contribution < 1.29 is 22.7 Å². The molecule has 0 radical (unpaired) electrons. The van der Waals surface area contributed by atoms with E-state index in [1.165, 1.54) is 19.2 Å². The molecule has 0 saturated heterocycles. The fourth-order valence-electron chi connectivity index (χ4n) is 2.27. The van der Waals surface area contributed by atoms with Gasteiger partial charge in [-0.1, -0.05) is 17.5 Å². The van der Waals surface area contributed by atoms with Crippen LogP contribution in [-0.2, 0) is 10.3 Å². The van der Waals surface area contributed by atoms with E-state index in [2.05, 4.69) is 5.32 Å². The average Bonchev–Trinajstić information content (AvgIpc) is 2.53. The summed E-state index contributed by atoms with van der Waals surface area (Å²) in [7, 11) is 1.24. The van der Waals surface area contributed by atoms with Gasteiger partial charge in [0.25, 0.3) is 0 Å². The second kappa shape index (κ2) is 5.71. The van der Waals surface area contributed by atoms with Crippen molar-refractivity contribution in [3.63, 3.8) is 0 Å². The summed E-state index contributed by atoms with van der Waals surface area (Å²) >= 11 is 5.82. The number of terminal acetylenes is 1. The highest BCUT2D eigenvalue weighted by molar-refractivity contribution is 6.30. The molecule has 1 aliphatic heterocycles. The van der Waals surface area contributed by atoms with Gasteiger partial charge >= 0.3 is 12.2 Å². The molecule has 1 aromatic rings. The second-order valence-corrected chi connectivity index (χ2v) is 5.23. The molecular weight excluding hydrogens is 321 g/mol. The van der Waals surface area contributed by atoms with Crippen molar-refractivity contribution in [1.29, 1.82) is 0 Å². The third kappa shape index (κ3) is 2.72. The lowest BCUT2D eigenvalue weighted by molar-refractivity contribution is -0.283. The Morgan fingerprint density at radius 3 is 2.82 bits per heavy atom. The van der Waals surface area contributed by atoms with Crippen molar-refractivity contribution in [2.75, 3.05) is 25.5 Å². The molecule has 0 unspecified atom stereocenters. The summed E-state index contributed by atoms with van der Waals surface area (Å²) in [5.74, 6) is 2.02. The Kier molecular flexibility index (Phi) is 4.27. The molecule has 0 saturated carbocycles. The van der Waals surface area contributed by atoms with Crippen LogP contribution in [0.25, 0.3) is 0 Å². The van der Waals surface area contributed by atoms with E-state index in [-0.39, 0.29) is 16.3 Å². The van der Waals surface area contributed by atoms with Gasteiger partial charge in [0.15, 0.2) is 0 Å². The minimum absolute atomic E-state index is 0.0203. The van der Waals surface area contributed by atoms with E-state index in [4.69, 9.17) is 22.8 Å². The number of halogens is 4. The number of alkyl halides is 3. The number of fused-ring (bicyclic) bond motifs is 1. The first kappa shape index (κ1) is 16.5. The molecule has 1 N–H and O–H groups in total. The number of benzene rings is 1. The SMILES string of the molecule is C#CCO[C@]1(C(F)(F)F)CN(C)C(=O)Nc2ccc(Cl)cc21. The topological polar surface area (TPSA) is 41.6 Å². The lowest BCUT2D eigenvalue weighted by Gasteiger charge is -2.36. The van der Waals surface area contributed by atoms with Gasteiger partial charge in [0.2, 0.25) is 5.60 Å². The molecule has 2 rings (SSSR count). The molecule has 0 aromatic heterocycles. The van der Waals surface area contributed by atoms with Crippen LogP contribution in [0.2, 0.25) is 5.02 Å². The molecule has 118 valence electrons. The van der Waals surface area contributed by atoms with Crippen LogP contribution in [0, 0.1) is 12.3 Å². The third-order valence-electron chi connectivity index (χ3n) is 3.32. The molecule has 4 nitrogen and oxygen atoms in total. The van der Waals surface area contributed by atoms with Crippen molar-refractivity contribution in [1.82, 2.24) is 4.90 Å². The summed E-state index contributed by atoms with van der Waals surface area (Å²) in [5.41, 5.74) is -3.05. The first-order valence-corrected chi connectivity index (χ1v) is 6.55. The molecule has 1 atom stereocenters. The average molecular weight is 333 g/mol. The maximum atomic E-state index is 13.8. The van der Waals surface area contributed by atoms with Gasteiger partial charge in [0, 0.05) is 23.3 Å². The van der Waals surface area contributed by atoms with Crippen LogP contribution in [0.1, 0.15) is 5.56 Å². The number of rotatable bonds is 2. The number of nitrogens with one attached hydrogen (secondary N) is 1. The Labute approximate surface area is 130 Å². The van der Waals surface area contributed by atoms with E-state index >= 15 is 0 Å². The molecular formula is C14H12ClF3N2O2. The monoisotopic (exact) mass is 332 g/mol. The molecule has 0 spiro atoms. The van der Waals surface area contributed by atoms with Crippen LogP contribution in [0.15, 0.2) is 18.2 Å². The van der Waals surface area contributed by atoms with Gasteiger partial charge < -0.3 is 15.0 Å². The van der Waals surface area contributed by atoms with Gasteiger partial charge in [-0.3, -0.25) is 0 Å². The Hall–Kier alpha value is -1.91. The summed E-state index contributed by atoms with van der Waals surface area (Å²) in [6.07, 6.45) is 0.232. The predicted octanol–water partition coefficient (Wildman–Crippen LogP) is 3.22. The zero-order valence-corrected chi connectivity index (χ0v) is 12.3. The molecule has 1 aliphatic rings. The van der Waals surface area contributed by atoms with E-state index in [9.17, 15) is 18.0 Å². The summed E-state index contributed by atoms with van der Waals surface area (Å²) < 4.78 is 46.4. The van der Waals surface area contributed by atoms with Gasteiger partial charge in [0.05, 0.1) is 6.54 Å². The van der Waals surface area contributed by atoms with Gasteiger partial charge in [0.1, 0.15) is 6.61 Å². The molecule has 0 fully saturated rings. The van der Waals surface area contributed by atoms with Crippen molar-refractivity contribution in [3.8, 4) is 12.3 Å². The van der Waals surface area contributed by atoms with Crippen molar-refractivity contribution in [3.05, 3.63) is 28.8 Å². The van der Waals surface area contributed by atoms with E-state index < -0.39 is 31.0 Å². The Morgan fingerprint density at radius 2 is 2.23 bits per heavy atom. The number of carbonyl (C=O) groups excluding carboxylic acids is 1. The number of likely N-dealkylation sites (N-methyl/N-ethyl adjacent to an activating group) is 1. The number of hydrogen-bond acceptors (Lipinski definition) is 2. The molecule has 1 aromatic carbocycles. The summed E-state index contributed by atoms with van der Waals surface area (Å²) in [6, 6.07) is 3.13. The van der Waals surface area contributed by atoms with Crippen LogP contribution in [-0.4, -0.2) is 37.3 Å². The third-order valence-corrected chi connectivity index (χ3v) is 3.56. The standard InChI is InChI=1S/C14H12ClF3N2O2/c1-3-6-22-13(14(16,17)18)8-20(2)12(21)19-11-5-4-9(15)7-10(11)13/h1,4-5,7H,6,8H2,2H3,(H,19,21)/t13-/m1/s1. The number of carbonyl (C=O) groups is 1. The van der Waals surface area contributed by atoms with Crippen molar-refractivity contribution in [2.24, 2.45) is 0 Å². The van der Waals surface area contributed by atoms with Crippen LogP contribution in [0.5, 0.6) is 0 Å². The van der Waals surface area contributed by atoms with Crippen LogP contribution in [0.4, 0.5) is 23.7 Å². The van der Waals surface area contributed by atoms with Crippen molar-refractivity contribution in [2.45, 2.75) is 11.8 Å². The number of nitrogens with zero attached hydrogens (tertiary/aromatic N) is 1. The first-order chi connectivity index (χ1) is 10.2. The van der Waals surface area contributed by atoms with E-state index in [1.54, 1.807) is 0 Å². The molecule has 0 aliphatic carbocycles. The summed E-state index contributed by atoms with van der Waals surface area (Å²) in [4.78, 5) is 12.8. The second-order valence-electron chi connectivity index (χ2n) is 4.79. The molecule has 8 heteroatoms. The minimum Gasteiger partial charge on any atom is -0.346 e. The van der Waals surface area contributed by atoms with Gasteiger partial charge in [-0.05, 0) is 18.2 Å². The Bertz CT molecular complexity index is 642. The largest absolute Gasteiger partial charge is 0.423 e. The highest BCUT2D eigenvalue weighted by atomic mass is 35.5. The Morgan fingerprint density at radius 1 is 1.55 bits per heavy atom. The van der Waals surface area contributed by atoms with Crippen LogP contribution >= 0.6 is 11.6 Å². The fraction of sp³-hybridized carbons (Fsp3) is 0.357.